The second kappa shape index (κ2) is 5.34. The van der Waals surface area contributed by atoms with Gasteiger partial charge in [0.05, 0.1) is 12.4 Å². The number of benzene rings is 1. The predicted molar refractivity (Wildman–Crippen MR) is 63.4 cm³/mol. The summed E-state index contributed by atoms with van der Waals surface area (Å²) in [6.07, 6.45) is 1.55. The molecule has 1 aromatic carbocycles. The van der Waals surface area contributed by atoms with Gasteiger partial charge in [-0.1, -0.05) is 17.7 Å². The maximum absolute atomic E-state index is 13.5. The second-order valence-electron chi connectivity index (χ2n) is 3.77. The minimum atomic E-state index is -0.922. The monoisotopic (exact) mass is 254 g/mol. The zero-order valence-electron chi connectivity index (χ0n) is 9.07. The van der Waals surface area contributed by atoms with Crippen LogP contribution in [0.4, 0.5) is 4.39 Å². The van der Waals surface area contributed by atoms with Crippen molar-refractivity contribution >= 4 is 11.6 Å². The molecule has 90 valence electrons. The van der Waals surface area contributed by atoms with Crippen molar-refractivity contribution in [2.45, 2.75) is 18.9 Å². The number of aliphatic hydroxyl groups is 1. The molecular formula is C13H12ClFO2. The molecular weight excluding hydrogens is 243 g/mol. The van der Waals surface area contributed by atoms with Crippen LogP contribution >= 0.6 is 11.6 Å². The van der Waals surface area contributed by atoms with E-state index >= 15 is 0 Å². The summed E-state index contributed by atoms with van der Waals surface area (Å²) in [6, 6.07) is 7.96. The smallest absolute Gasteiger partial charge is 0.130 e. The van der Waals surface area contributed by atoms with Crippen molar-refractivity contribution in [1.29, 1.82) is 0 Å². The van der Waals surface area contributed by atoms with Crippen LogP contribution < -0.4 is 0 Å². The van der Waals surface area contributed by atoms with Crippen molar-refractivity contribution in [3.8, 4) is 0 Å². The molecule has 2 nitrogen and oxygen atoms in total. The molecule has 2 aromatic rings. The first kappa shape index (κ1) is 12.1. The van der Waals surface area contributed by atoms with Crippen molar-refractivity contribution in [1.82, 2.24) is 0 Å². The third-order valence-electron chi connectivity index (χ3n) is 2.58. The van der Waals surface area contributed by atoms with Crippen molar-refractivity contribution in [3.63, 3.8) is 0 Å². The molecule has 1 aromatic heterocycles. The van der Waals surface area contributed by atoms with Crippen molar-refractivity contribution in [3.05, 3.63) is 58.8 Å². The molecule has 0 amide bonds. The minimum absolute atomic E-state index is 0.153. The Balaban J connectivity index is 2.07. The molecule has 0 saturated heterocycles. The lowest BCUT2D eigenvalue weighted by Crippen LogP contribution is -2.03. The minimum Gasteiger partial charge on any atom is -0.469 e. The van der Waals surface area contributed by atoms with Crippen LogP contribution in [0.25, 0.3) is 0 Å². The van der Waals surface area contributed by atoms with Gasteiger partial charge in [-0.2, -0.15) is 0 Å². The largest absolute Gasteiger partial charge is 0.469 e. The van der Waals surface area contributed by atoms with Gasteiger partial charge in [0.2, 0.25) is 0 Å². The van der Waals surface area contributed by atoms with Gasteiger partial charge in [-0.15, -0.1) is 0 Å². The van der Waals surface area contributed by atoms with E-state index in [-0.39, 0.29) is 10.6 Å². The molecule has 1 heterocycles. The van der Waals surface area contributed by atoms with Gasteiger partial charge >= 0.3 is 0 Å². The van der Waals surface area contributed by atoms with Gasteiger partial charge in [-0.3, -0.25) is 0 Å². The third-order valence-corrected chi connectivity index (χ3v) is 2.91. The van der Waals surface area contributed by atoms with Gasteiger partial charge in [0.15, 0.2) is 0 Å². The number of aliphatic hydroxyl groups excluding tert-OH is 1. The Morgan fingerprint density at radius 2 is 2.12 bits per heavy atom. The maximum Gasteiger partial charge on any atom is 0.130 e. The Bertz CT molecular complexity index is 462. The third kappa shape index (κ3) is 2.87. The summed E-state index contributed by atoms with van der Waals surface area (Å²) >= 11 is 5.86. The average molecular weight is 255 g/mol. The lowest BCUT2D eigenvalue weighted by Gasteiger charge is -2.12. The fourth-order valence-corrected chi connectivity index (χ4v) is 2.00. The molecule has 0 aliphatic heterocycles. The molecule has 1 atom stereocenters. The van der Waals surface area contributed by atoms with E-state index in [0.29, 0.717) is 12.8 Å². The van der Waals surface area contributed by atoms with Gasteiger partial charge in [-0.25, -0.2) is 4.39 Å². The van der Waals surface area contributed by atoms with Gasteiger partial charge in [0.1, 0.15) is 11.6 Å². The highest BCUT2D eigenvalue weighted by molar-refractivity contribution is 6.31. The first-order chi connectivity index (χ1) is 8.18. The van der Waals surface area contributed by atoms with Crippen molar-refractivity contribution < 1.29 is 13.9 Å². The number of rotatable bonds is 4. The lowest BCUT2D eigenvalue weighted by molar-refractivity contribution is 0.161. The van der Waals surface area contributed by atoms with Crippen LogP contribution in [-0.4, -0.2) is 5.11 Å². The zero-order chi connectivity index (χ0) is 12.3. The first-order valence-corrected chi connectivity index (χ1v) is 5.70. The van der Waals surface area contributed by atoms with E-state index < -0.39 is 11.9 Å². The first-order valence-electron chi connectivity index (χ1n) is 5.33. The maximum atomic E-state index is 13.5. The van der Waals surface area contributed by atoms with Gasteiger partial charge < -0.3 is 9.52 Å². The normalized spacial score (nSPS) is 12.6. The molecule has 0 fully saturated rings. The van der Waals surface area contributed by atoms with E-state index in [2.05, 4.69) is 0 Å². The fraction of sp³-hybridized carbons (Fsp3) is 0.231. The Morgan fingerprint density at radius 3 is 2.76 bits per heavy atom. The molecule has 0 aliphatic carbocycles. The molecule has 0 spiro atoms. The van der Waals surface area contributed by atoms with E-state index in [0.717, 1.165) is 5.76 Å². The van der Waals surface area contributed by atoms with E-state index in [9.17, 15) is 9.50 Å². The van der Waals surface area contributed by atoms with Crippen LogP contribution in [0.5, 0.6) is 0 Å². The Labute approximate surface area is 104 Å². The summed E-state index contributed by atoms with van der Waals surface area (Å²) in [5.41, 5.74) is 0.153. The second-order valence-corrected chi connectivity index (χ2v) is 4.18. The number of aryl methyl sites for hydroxylation is 1. The van der Waals surface area contributed by atoms with Crippen LogP contribution in [0, 0.1) is 5.82 Å². The molecule has 0 aliphatic rings. The average Bonchev–Trinajstić information content (AvgIpc) is 2.79. The number of hydrogen-bond donors (Lipinski definition) is 1. The zero-order valence-corrected chi connectivity index (χ0v) is 9.82. The van der Waals surface area contributed by atoms with Crippen LogP contribution in [0.3, 0.4) is 0 Å². The SMILES string of the molecule is OC(CCc1ccco1)c1c(F)cccc1Cl. The lowest BCUT2D eigenvalue weighted by atomic mass is 10.0. The van der Waals surface area contributed by atoms with E-state index in [4.69, 9.17) is 16.0 Å². The molecule has 0 bridgehead atoms. The molecule has 0 radical (unpaired) electrons. The summed E-state index contributed by atoms with van der Waals surface area (Å²) < 4.78 is 18.6. The van der Waals surface area contributed by atoms with E-state index in [1.807, 2.05) is 6.07 Å². The predicted octanol–water partition coefficient (Wildman–Crippen LogP) is 3.74. The van der Waals surface area contributed by atoms with Gasteiger partial charge in [0, 0.05) is 17.0 Å². The molecule has 2 rings (SSSR count). The van der Waals surface area contributed by atoms with Crippen LogP contribution in [-0.2, 0) is 6.42 Å². The topological polar surface area (TPSA) is 33.4 Å². The van der Waals surface area contributed by atoms with Crippen molar-refractivity contribution in [2.24, 2.45) is 0 Å². The van der Waals surface area contributed by atoms with E-state index in [1.54, 1.807) is 18.4 Å². The number of halogens is 2. The number of hydrogen-bond acceptors (Lipinski definition) is 2. The van der Waals surface area contributed by atoms with Gasteiger partial charge in [-0.05, 0) is 30.7 Å². The summed E-state index contributed by atoms with van der Waals surface area (Å²) in [5, 5.41) is 10.2. The molecule has 1 N–H and O–H groups in total. The molecule has 17 heavy (non-hydrogen) atoms. The van der Waals surface area contributed by atoms with Crippen molar-refractivity contribution in [2.75, 3.05) is 0 Å². The Hall–Kier alpha value is -1.32. The summed E-state index contributed by atoms with van der Waals surface area (Å²) in [5.74, 6) is 0.279. The molecule has 0 saturated carbocycles. The van der Waals surface area contributed by atoms with Crippen LogP contribution in [0.1, 0.15) is 23.8 Å². The standard InChI is InChI=1S/C13H12ClFO2/c14-10-4-1-5-11(15)13(10)12(16)7-6-9-3-2-8-17-9/h1-5,8,12,16H,6-7H2. The van der Waals surface area contributed by atoms with Crippen LogP contribution in [0.15, 0.2) is 41.0 Å². The highest BCUT2D eigenvalue weighted by atomic mass is 35.5. The fourth-order valence-electron chi connectivity index (χ4n) is 1.71. The van der Waals surface area contributed by atoms with Crippen LogP contribution in [0.2, 0.25) is 5.02 Å². The number of furan rings is 1. The Kier molecular flexibility index (Phi) is 3.82. The Morgan fingerprint density at radius 1 is 1.29 bits per heavy atom. The quantitative estimate of drug-likeness (QED) is 0.902. The molecule has 1 unspecified atom stereocenters. The summed E-state index contributed by atoms with van der Waals surface area (Å²) in [7, 11) is 0. The summed E-state index contributed by atoms with van der Waals surface area (Å²) in [4.78, 5) is 0. The van der Waals surface area contributed by atoms with Gasteiger partial charge in [0.25, 0.3) is 0 Å². The van der Waals surface area contributed by atoms with E-state index in [1.165, 1.54) is 12.1 Å². The highest BCUT2D eigenvalue weighted by Gasteiger charge is 2.16. The highest BCUT2D eigenvalue weighted by Crippen LogP contribution is 2.28. The summed E-state index contributed by atoms with van der Waals surface area (Å²) in [6.45, 7) is 0. The molecule has 4 heteroatoms.